The summed E-state index contributed by atoms with van der Waals surface area (Å²) in [5.41, 5.74) is 0.982. The fraction of sp³-hybridized carbons (Fsp3) is 0.440. The number of benzene rings is 2. The molecule has 8 nitrogen and oxygen atoms in total. The normalized spacial score (nSPS) is 10.9. The van der Waals surface area contributed by atoms with Crippen molar-refractivity contribution in [1.82, 2.24) is 20.6 Å². The molecule has 0 aliphatic heterocycles. The standard InChI is InChI=1S/C25H32N4O4/c1-2-11-19-22(33-17-10-6-4-3-5-7-14-23-26-28-29-27-23)16-15-20(25(19)32)24(31)18-12-8-9-13-21(18)30/h8-9,12-13,15-16,30,32H,2-7,10-11,14,17H2,1H3,(H,26,27,28,29). The number of aromatic hydroxyl groups is 2. The predicted molar refractivity (Wildman–Crippen MR) is 125 cm³/mol. The van der Waals surface area contributed by atoms with Crippen LogP contribution in [0.25, 0.3) is 0 Å². The number of unbranched alkanes of at least 4 members (excludes halogenated alkanes) is 5. The number of hydrogen-bond acceptors (Lipinski definition) is 7. The van der Waals surface area contributed by atoms with Crippen molar-refractivity contribution in [3.05, 3.63) is 58.9 Å². The van der Waals surface area contributed by atoms with Gasteiger partial charge in [0.05, 0.1) is 17.7 Å². The first kappa shape index (κ1) is 24.2. The van der Waals surface area contributed by atoms with Crippen molar-refractivity contribution in [1.29, 1.82) is 0 Å². The second-order valence-electron chi connectivity index (χ2n) is 8.10. The Morgan fingerprint density at radius 2 is 1.70 bits per heavy atom. The number of aromatic nitrogens is 4. The first-order valence-electron chi connectivity index (χ1n) is 11.6. The van der Waals surface area contributed by atoms with Crippen LogP contribution < -0.4 is 4.74 Å². The molecule has 176 valence electrons. The first-order chi connectivity index (χ1) is 16.1. The minimum atomic E-state index is -0.408. The number of H-pyrrole nitrogens is 1. The molecule has 8 heteroatoms. The maximum absolute atomic E-state index is 12.9. The highest BCUT2D eigenvalue weighted by atomic mass is 16.5. The quantitative estimate of drug-likeness (QED) is 0.238. The van der Waals surface area contributed by atoms with Crippen molar-refractivity contribution in [3.8, 4) is 17.2 Å². The molecule has 0 saturated heterocycles. The summed E-state index contributed by atoms with van der Waals surface area (Å²) in [6, 6.07) is 9.67. The van der Waals surface area contributed by atoms with E-state index in [4.69, 9.17) is 4.74 Å². The Bertz CT molecular complexity index is 1020. The van der Waals surface area contributed by atoms with E-state index in [1.54, 1.807) is 30.3 Å². The smallest absolute Gasteiger partial charge is 0.200 e. The van der Waals surface area contributed by atoms with Crippen LogP contribution in [0.4, 0.5) is 0 Å². The minimum absolute atomic E-state index is 0.0652. The predicted octanol–water partition coefficient (Wildman–Crippen LogP) is 4.76. The molecule has 0 aliphatic rings. The number of phenols is 2. The van der Waals surface area contributed by atoms with Crippen molar-refractivity contribution in [2.75, 3.05) is 6.61 Å². The van der Waals surface area contributed by atoms with Gasteiger partial charge in [-0.15, -0.1) is 5.10 Å². The number of nitrogens with zero attached hydrogens (tertiary/aromatic N) is 3. The van der Waals surface area contributed by atoms with Gasteiger partial charge in [-0.3, -0.25) is 4.79 Å². The number of hydrogen-bond donors (Lipinski definition) is 3. The Morgan fingerprint density at radius 3 is 2.42 bits per heavy atom. The molecule has 3 N–H and O–H groups in total. The molecule has 33 heavy (non-hydrogen) atoms. The van der Waals surface area contributed by atoms with E-state index in [1.165, 1.54) is 6.07 Å². The van der Waals surface area contributed by atoms with Gasteiger partial charge in [0.2, 0.25) is 0 Å². The number of phenolic OH excluding ortho intramolecular Hbond substituents is 2. The average molecular weight is 453 g/mol. The van der Waals surface area contributed by atoms with Crippen LogP contribution >= 0.6 is 0 Å². The van der Waals surface area contributed by atoms with E-state index >= 15 is 0 Å². The lowest BCUT2D eigenvalue weighted by Gasteiger charge is -2.15. The summed E-state index contributed by atoms with van der Waals surface area (Å²) >= 11 is 0. The molecule has 0 amide bonds. The van der Waals surface area contributed by atoms with Gasteiger partial charge in [0.15, 0.2) is 5.78 Å². The van der Waals surface area contributed by atoms with Gasteiger partial charge < -0.3 is 14.9 Å². The van der Waals surface area contributed by atoms with E-state index in [-0.39, 0.29) is 22.6 Å². The molecule has 0 saturated carbocycles. The Kier molecular flexibility index (Phi) is 9.23. The SMILES string of the molecule is CCCc1c(OCCCCCCCCc2nnn[nH]2)ccc(C(=O)c2ccccc2O)c1O. The summed E-state index contributed by atoms with van der Waals surface area (Å²) in [6.07, 6.45) is 8.79. The van der Waals surface area contributed by atoms with Crippen LogP contribution in [0.15, 0.2) is 36.4 Å². The molecule has 0 spiro atoms. The van der Waals surface area contributed by atoms with E-state index in [0.717, 1.165) is 57.2 Å². The molecule has 1 heterocycles. The highest BCUT2D eigenvalue weighted by Crippen LogP contribution is 2.35. The van der Waals surface area contributed by atoms with Crippen molar-refractivity contribution >= 4 is 5.78 Å². The fourth-order valence-corrected chi connectivity index (χ4v) is 3.81. The molecule has 3 aromatic rings. The molecular formula is C25H32N4O4. The number of ether oxygens (including phenoxy) is 1. The zero-order valence-electron chi connectivity index (χ0n) is 19.1. The van der Waals surface area contributed by atoms with Gasteiger partial charge in [-0.25, -0.2) is 5.10 Å². The Hall–Kier alpha value is -3.42. The van der Waals surface area contributed by atoms with E-state index in [1.807, 2.05) is 6.92 Å². The van der Waals surface area contributed by atoms with Gasteiger partial charge in [-0.1, -0.05) is 51.2 Å². The minimum Gasteiger partial charge on any atom is -0.507 e. The second kappa shape index (κ2) is 12.6. The Morgan fingerprint density at radius 1 is 0.939 bits per heavy atom. The van der Waals surface area contributed by atoms with Crippen LogP contribution in [-0.2, 0) is 12.8 Å². The number of rotatable bonds is 14. The lowest BCUT2D eigenvalue weighted by molar-refractivity contribution is 0.103. The van der Waals surface area contributed by atoms with E-state index < -0.39 is 5.78 Å². The number of carbonyl (C=O) groups excluding carboxylic acids is 1. The average Bonchev–Trinajstić information content (AvgIpc) is 3.33. The molecule has 0 atom stereocenters. The number of para-hydroxylation sites is 1. The topological polar surface area (TPSA) is 121 Å². The number of nitrogens with one attached hydrogen (secondary N) is 1. The summed E-state index contributed by atoms with van der Waals surface area (Å²) in [7, 11) is 0. The van der Waals surface area contributed by atoms with Crippen LogP contribution in [-0.4, -0.2) is 43.2 Å². The fourth-order valence-electron chi connectivity index (χ4n) is 3.81. The maximum atomic E-state index is 12.9. The third-order valence-electron chi connectivity index (χ3n) is 5.59. The summed E-state index contributed by atoms with van der Waals surface area (Å²) in [5, 5.41) is 34.6. The van der Waals surface area contributed by atoms with Crippen LogP contribution in [0.5, 0.6) is 17.2 Å². The van der Waals surface area contributed by atoms with Crippen LogP contribution in [0.1, 0.15) is 79.2 Å². The lowest BCUT2D eigenvalue weighted by Crippen LogP contribution is -2.06. The third-order valence-corrected chi connectivity index (χ3v) is 5.59. The van der Waals surface area contributed by atoms with Crippen LogP contribution in [0.2, 0.25) is 0 Å². The van der Waals surface area contributed by atoms with Crippen molar-refractivity contribution < 1.29 is 19.7 Å². The van der Waals surface area contributed by atoms with E-state index in [9.17, 15) is 15.0 Å². The lowest BCUT2D eigenvalue weighted by atomic mass is 9.97. The van der Waals surface area contributed by atoms with Crippen molar-refractivity contribution in [2.24, 2.45) is 0 Å². The maximum Gasteiger partial charge on any atom is 0.200 e. The van der Waals surface area contributed by atoms with Gasteiger partial charge in [0, 0.05) is 12.0 Å². The molecule has 0 unspecified atom stereocenters. The van der Waals surface area contributed by atoms with E-state index in [2.05, 4.69) is 20.6 Å². The summed E-state index contributed by atoms with van der Waals surface area (Å²) in [5.74, 6) is 0.875. The molecule has 0 fully saturated rings. The van der Waals surface area contributed by atoms with E-state index in [0.29, 0.717) is 24.3 Å². The number of tetrazole rings is 1. The summed E-state index contributed by atoms with van der Waals surface area (Å²) in [6.45, 7) is 2.58. The first-order valence-corrected chi connectivity index (χ1v) is 11.6. The number of carbonyl (C=O) groups is 1. The highest BCUT2D eigenvalue weighted by Gasteiger charge is 2.21. The van der Waals surface area contributed by atoms with Gasteiger partial charge in [-0.05, 0) is 54.0 Å². The monoisotopic (exact) mass is 452 g/mol. The molecule has 0 bridgehead atoms. The van der Waals surface area contributed by atoms with Gasteiger partial charge in [0.25, 0.3) is 0 Å². The van der Waals surface area contributed by atoms with Crippen LogP contribution in [0, 0.1) is 0 Å². The van der Waals surface area contributed by atoms with Crippen LogP contribution in [0.3, 0.4) is 0 Å². The third kappa shape index (κ3) is 6.78. The van der Waals surface area contributed by atoms with Gasteiger partial charge >= 0.3 is 0 Å². The van der Waals surface area contributed by atoms with Gasteiger partial charge in [0.1, 0.15) is 23.1 Å². The zero-order chi connectivity index (χ0) is 23.5. The zero-order valence-corrected chi connectivity index (χ0v) is 19.1. The Balaban J connectivity index is 1.48. The summed E-state index contributed by atoms with van der Waals surface area (Å²) < 4.78 is 5.96. The Labute approximate surface area is 194 Å². The number of aryl methyl sites for hydroxylation is 1. The summed E-state index contributed by atoms with van der Waals surface area (Å²) in [4.78, 5) is 12.9. The van der Waals surface area contributed by atoms with Crippen molar-refractivity contribution in [2.45, 2.75) is 64.7 Å². The molecule has 1 aromatic heterocycles. The van der Waals surface area contributed by atoms with Crippen molar-refractivity contribution in [3.63, 3.8) is 0 Å². The number of aromatic amines is 1. The highest BCUT2D eigenvalue weighted by molar-refractivity contribution is 6.12. The molecular weight excluding hydrogens is 420 g/mol. The molecule has 0 aliphatic carbocycles. The number of ketones is 1. The van der Waals surface area contributed by atoms with Gasteiger partial charge in [-0.2, -0.15) is 0 Å². The second-order valence-corrected chi connectivity index (χ2v) is 8.10. The molecule has 3 rings (SSSR count). The molecule has 2 aromatic carbocycles. The molecule has 0 radical (unpaired) electrons. The largest absolute Gasteiger partial charge is 0.507 e.